The number of hydrogen-bond acceptors (Lipinski definition) is 2. The average Bonchev–Trinajstić information content (AvgIpc) is 2.83. The van der Waals surface area contributed by atoms with Gasteiger partial charge in [-0.15, -0.1) is 0 Å². The minimum Gasteiger partial charge on any atom is -0.331 e. The van der Waals surface area contributed by atoms with Crippen molar-refractivity contribution in [3.05, 3.63) is 29.6 Å². The molecule has 0 aliphatic rings. The smallest absolute Gasteiger partial charge is 0.109 e. The number of benzene rings is 1. The SMILES string of the molecule is CCCCCCCCCc1nc2c(CN)cccc2n1C. The molecule has 0 spiro atoms. The fraction of sp³-hybridized carbons (Fsp3) is 0.611. The van der Waals surface area contributed by atoms with E-state index in [9.17, 15) is 0 Å². The standard InChI is InChI=1S/C18H29N3/c1-3-4-5-6-7-8-9-13-17-20-18-15(14-19)11-10-12-16(18)21(17)2/h10-12H,3-9,13-14,19H2,1-2H3. The van der Waals surface area contributed by atoms with Gasteiger partial charge < -0.3 is 10.3 Å². The Labute approximate surface area is 128 Å². The van der Waals surface area contributed by atoms with E-state index in [4.69, 9.17) is 10.7 Å². The highest BCUT2D eigenvalue weighted by Gasteiger charge is 2.09. The Morgan fingerprint density at radius 1 is 1.05 bits per heavy atom. The van der Waals surface area contributed by atoms with Crippen LogP contribution in [0.2, 0.25) is 0 Å². The van der Waals surface area contributed by atoms with Crippen molar-refractivity contribution < 1.29 is 0 Å². The summed E-state index contributed by atoms with van der Waals surface area (Å²) < 4.78 is 2.23. The molecule has 2 aromatic rings. The van der Waals surface area contributed by atoms with Gasteiger partial charge in [0.05, 0.1) is 11.0 Å². The largest absolute Gasteiger partial charge is 0.331 e. The summed E-state index contributed by atoms with van der Waals surface area (Å²) in [4.78, 5) is 4.81. The van der Waals surface area contributed by atoms with E-state index in [1.807, 2.05) is 0 Å². The molecular formula is C18H29N3. The molecule has 0 saturated heterocycles. The van der Waals surface area contributed by atoms with Crippen LogP contribution >= 0.6 is 0 Å². The molecule has 0 radical (unpaired) electrons. The number of rotatable bonds is 9. The van der Waals surface area contributed by atoms with Crippen LogP contribution in [0.1, 0.15) is 63.3 Å². The number of nitrogens with two attached hydrogens (primary N) is 1. The molecule has 116 valence electrons. The zero-order valence-corrected chi connectivity index (χ0v) is 13.6. The summed E-state index contributed by atoms with van der Waals surface area (Å²) in [5.74, 6) is 1.19. The zero-order chi connectivity index (χ0) is 15.1. The summed E-state index contributed by atoms with van der Waals surface area (Å²) in [6.07, 6.45) is 10.5. The lowest BCUT2D eigenvalue weighted by molar-refractivity contribution is 0.581. The normalized spacial score (nSPS) is 11.4. The maximum absolute atomic E-state index is 5.81. The Kier molecular flexibility index (Phi) is 6.24. The maximum atomic E-state index is 5.81. The molecule has 0 aliphatic carbocycles. The van der Waals surface area contributed by atoms with Gasteiger partial charge in [-0.2, -0.15) is 0 Å². The van der Waals surface area contributed by atoms with Crippen LogP contribution < -0.4 is 5.73 Å². The minimum atomic E-state index is 0.561. The van der Waals surface area contributed by atoms with Crippen molar-refractivity contribution in [1.82, 2.24) is 9.55 Å². The summed E-state index contributed by atoms with van der Waals surface area (Å²) in [5, 5.41) is 0. The summed E-state index contributed by atoms with van der Waals surface area (Å²) in [7, 11) is 2.12. The van der Waals surface area contributed by atoms with E-state index in [0.29, 0.717) is 6.54 Å². The van der Waals surface area contributed by atoms with Crippen LogP contribution in [0.4, 0.5) is 0 Å². The van der Waals surface area contributed by atoms with Gasteiger partial charge in [0.2, 0.25) is 0 Å². The van der Waals surface area contributed by atoms with E-state index < -0.39 is 0 Å². The van der Waals surface area contributed by atoms with Crippen molar-refractivity contribution in [2.24, 2.45) is 12.8 Å². The molecule has 2 rings (SSSR count). The number of aryl methyl sites for hydroxylation is 2. The second-order valence-corrected chi connectivity index (χ2v) is 5.95. The third-order valence-electron chi connectivity index (χ3n) is 4.31. The quantitative estimate of drug-likeness (QED) is 0.698. The van der Waals surface area contributed by atoms with Crippen LogP contribution in [-0.4, -0.2) is 9.55 Å². The van der Waals surface area contributed by atoms with E-state index in [0.717, 1.165) is 17.5 Å². The first-order valence-corrected chi connectivity index (χ1v) is 8.41. The molecule has 1 aromatic heterocycles. The zero-order valence-electron chi connectivity index (χ0n) is 13.6. The summed E-state index contributed by atoms with van der Waals surface area (Å²) in [6, 6.07) is 6.28. The first-order valence-electron chi connectivity index (χ1n) is 8.41. The lowest BCUT2D eigenvalue weighted by Gasteiger charge is -2.03. The molecule has 0 atom stereocenters. The van der Waals surface area contributed by atoms with E-state index >= 15 is 0 Å². The van der Waals surface area contributed by atoms with E-state index in [2.05, 4.69) is 36.7 Å². The van der Waals surface area contributed by atoms with Gasteiger partial charge in [0.1, 0.15) is 5.82 Å². The van der Waals surface area contributed by atoms with Gasteiger partial charge >= 0.3 is 0 Å². The average molecular weight is 287 g/mol. The van der Waals surface area contributed by atoms with Gasteiger partial charge in [0.25, 0.3) is 0 Å². The summed E-state index contributed by atoms with van der Waals surface area (Å²) in [6.45, 7) is 2.83. The van der Waals surface area contributed by atoms with E-state index in [1.165, 1.54) is 56.3 Å². The number of unbranched alkanes of at least 4 members (excludes halogenated alkanes) is 6. The molecule has 1 heterocycles. The number of aromatic nitrogens is 2. The van der Waals surface area contributed by atoms with Gasteiger partial charge in [-0.1, -0.05) is 57.6 Å². The molecule has 0 bridgehead atoms. The van der Waals surface area contributed by atoms with Crippen molar-refractivity contribution in [2.45, 2.75) is 64.8 Å². The fourth-order valence-corrected chi connectivity index (χ4v) is 2.95. The molecule has 0 fully saturated rings. The van der Waals surface area contributed by atoms with Gasteiger partial charge in [-0.05, 0) is 18.1 Å². The Hall–Kier alpha value is -1.35. The predicted molar refractivity (Wildman–Crippen MR) is 90.3 cm³/mol. The monoisotopic (exact) mass is 287 g/mol. The maximum Gasteiger partial charge on any atom is 0.109 e. The highest BCUT2D eigenvalue weighted by molar-refractivity contribution is 5.79. The molecular weight excluding hydrogens is 258 g/mol. The molecule has 1 aromatic carbocycles. The first kappa shape index (κ1) is 16.0. The van der Waals surface area contributed by atoms with Crippen molar-refractivity contribution in [3.8, 4) is 0 Å². The van der Waals surface area contributed by atoms with Crippen LogP contribution in [0.25, 0.3) is 11.0 Å². The van der Waals surface area contributed by atoms with Crippen molar-refractivity contribution in [3.63, 3.8) is 0 Å². The molecule has 3 nitrogen and oxygen atoms in total. The van der Waals surface area contributed by atoms with Crippen LogP contribution in [0.15, 0.2) is 18.2 Å². The summed E-state index contributed by atoms with van der Waals surface area (Å²) >= 11 is 0. The number of nitrogens with zero attached hydrogens (tertiary/aromatic N) is 2. The highest BCUT2D eigenvalue weighted by atomic mass is 15.1. The van der Waals surface area contributed by atoms with Crippen LogP contribution in [0.5, 0.6) is 0 Å². The van der Waals surface area contributed by atoms with Crippen molar-refractivity contribution in [2.75, 3.05) is 0 Å². The second-order valence-electron chi connectivity index (χ2n) is 5.95. The Morgan fingerprint density at radius 2 is 1.76 bits per heavy atom. The topological polar surface area (TPSA) is 43.8 Å². The molecule has 21 heavy (non-hydrogen) atoms. The lowest BCUT2D eigenvalue weighted by atomic mass is 10.1. The first-order chi connectivity index (χ1) is 10.3. The number of hydrogen-bond donors (Lipinski definition) is 1. The van der Waals surface area contributed by atoms with E-state index in [1.54, 1.807) is 0 Å². The Morgan fingerprint density at radius 3 is 2.48 bits per heavy atom. The van der Waals surface area contributed by atoms with Crippen LogP contribution in [-0.2, 0) is 20.0 Å². The summed E-state index contributed by atoms with van der Waals surface area (Å²) in [5.41, 5.74) is 9.24. The Bertz CT molecular complexity index is 557. The van der Waals surface area contributed by atoms with E-state index in [-0.39, 0.29) is 0 Å². The van der Waals surface area contributed by atoms with Gasteiger partial charge in [-0.25, -0.2) is 4.98 Å². The third-order valence-corrected chi connectivity index (χ3v) is 4.31. The lowest BCUT2D eigenvalue weighted by Crippen LogP contribution is -1.98. The molecule has 2 N–H and O–H groups in total. The van der Waals surface area contributed by atoms with Crippen molar-refractivity contribution in [1.29, 1.82) is 0 Å². The molecule has 0 aliphatic heterocycles. The third kappa shape index (κ3) is 4.07. The molecule has 3 heteroatoms. The predicted octanol–water partition coefficient (Wildman–Crippen LogP) is 4.33. The van der Waals surface area contributed by atoms with Gasteiger partial charge in [0.15, 0.2) is 0 Å². The van der Waals surface area contributed by atoms with Crippen molar-refractivity contribution >= 4 is 11.0 Å². The minimum absolute atomic E-state index is 0.561. The van der Waals surface area contributed by atoms with Crippen LogP contribution in [0.3, 0.4) is 0 Å². The van der Waals surface area contributed by atoms with Gasteiger partial charge in [-0.3, -0.25) is 0 Å². The highest BCUT2D eigenvalue weighted by Crippen LogP contribution is 2.20. The number of fused-ring (bicyclic) bond motifs is 1. The molecule has 0 unspecified atom stereocenters. The second kappa shape index (κ2) is 8.18. The molecule has 0 saturated carbocycles. The number of para-hydroxylation sites is 1. The van der Waals surface area contributed by atoms with Gasteiger partial charge in [0, 0.05) is 20.0 Å². The Balaban J connectivity index is 1.89. The van der Waals surface area contributed by atoms with Crippen LogP contribution in [0, 0.1) is 0 Å². The fourth-order valence-electron chi connectivity index (χ4n) is 2.95. The molecule has 0 amide bonds. The number of imidazole rings is 1.